The minimum Gasteiger partial charge on any atom is -0.444 e. The van der Waals surface area contributed by atoms with Gasteiger partial charge in [-0.25, -0.2) is 9.59 Å². The maximum atomic E-state index is 12.6. The number of nitro groups is 1. The van der Waals surface area contributed by atoms with E-state index in [1.807, 2.05) is 30.3 Å². The molecule has 0 saturated carbocycles. The van der Waals surface area contributed by atoms with Crippen molar-refractivity contribution in [2.24, 2.45) is 0 Å². The molecule has 0 fully saturated rings. The Labute approximate surface area is 174 Å². The Morgan fingerprint density at radius 2 is 1.70 bits per heavy atom. The van der Waals surface area contributed by atoms with Crippen LogP contribution in [0.15, 0.2) is 54.6 Å². The van der Waals surface area contributed by atoms with Crippen molar-refractivity contribution in [2.75, 3.05) is 6.61 Å². The van der Waals surface area contributed by atoms with Crippen molar-refractivity contribution in [1.29, 1.82) is 0 Å². The Morgan fingerprint density at radius 3 is 2.27 bits per heavy atom. The van der Waals surface area contributed by atoms with E-state index in [0.29, 0.717) is 0 Å². The number of rotatable bonds is 8. The van der Waals surface area contributed by atoms with Gasteiger partial charge < -0.3 is 19.5 Å². The van der Waals surface area contributed by atoms with Gasteiger partial charge in [0.2, 0.25) is 0 Å². The van der Waals surface area contributed by atoms with Crippen LogP contribution in [0.1, 0.15) is 26.3 Å². The lowest BCUT2D eigenvalue weighted by Crippen LogP contribution is -2.47. The van der Waals surface area contributed by atoms with Gasteiger partial charge in [0.05, 0.1) is 18.1 Å². The zero-order valence-electron chi connectivity index (χ0n) is 17.0. The minimum atomic E-state index is -1.14. The predicted octanol–water partition coefficient (Wildman–Crippen LogP) is 3.61. The van der Waals surface area contributed by atoms with E-state index in [-0.39, 0.29) is 24.7 Å². The van der Waals surface area contributed by atoms with Crippen molar-refractivity contribution in [1.82, 2.24) is 5.32 Å². The molecule has 9 heteroatoms. The van der Waals surface area contributed by atoms with Crippen LogP contribution in [0.3, 0.4) is 0 Å². The Balaban J connectivity index is 2.03. The molecule has 160 valence electrons. The third kappa shape index (κ3) is 7.88. The van der Waals surface area contributed by atoms with Gasteiger partial charge in [-0.05, 0) is 38.5 Å². The van der Waals surface area contributed by atoms with E-state index >= 15 is 0 Å². The average Bonchev–Trinajstić information content (AvgIpc) is 2.67. The number of benzene rings is 2. The fraction of sp³-hybridized carbons (Fsp3) is 0.333. The average molecular weight is 416 g/mol. The molecule has 1 N–H and O–H groups in total. The maximum absolute atomic E-state index is 12.6. The molecule has 9 nitrogen and oxygen atoms in total. The number of esters is 1. The van der Waals surface area contributed by atoms with Gasteiger partial charge in [-0.1, -0.05) is 30.3 Å². The Kier molecular flexibility index (Phi) is 7.88. The SMILES string of the molecule is CC(C)(C)OC(=O)N[C@@H](COCc1ccccc1)C(=O)Oc1ccc([N+](=O)[O-])cc1. The Morgan fingerprint density at radius 1 is 1.07 bits per heavy atom. The van der Waals surface area contributed by atoms with Crippen molar-refractivity contribution < 1.29 is 28.7 Å². The molecule has 2 rings (SSSR count). The minimum absolute atomic E-state index is 0.102. The smallest absolute Gasteiger partial charge is 0.408 e. The summed E-state index contributed by atoms with van der Waals surface area (Å²) in [6.45, 7) is 5.17. The van der Waals surface area contributed by atoms with Gasteiger partial charge in [0.25, 0.3) is 5.69 Å². The van der Waals surface area contributed by atoms with Crippen LogP contribution in [0, 0.1) is 10.1 Å². The van der Waals surface area contributed by atoms with Crippen molar-refractivity contribution in [3.05, 3.63) is 70.3 Å². The fourth-order valence-electron chi connectivity index (χ4n) is 2.31. The second-order valence-corrected chi connectivity index (χ2v) is 7.37. The van der Waals surface area contributed by atoms with Gasteiger partial charge in [-0.2, -0.15) is 0 Å². The Bertz CT molecular complexity index is 861. The number of nitrogens with zero attached hydrogens (tertiary/aromatic N) is 1. The molecule has 2 aromatic carbocycles. The topological polar surface area (TPSA) is 117 Å². The molecule has 0 radical (unpaired) electrons. The number of nitro benzene ring substituents is 1. The number of hydrogen-bond donors (Lipinski definition) is 1. The summed E-state index contributed by atoms with van der Waals surface area (Å²) in [7, 11) is 0. The second kappa shape index (κ2) is 10.4. The van der Waals surface area contributed by atoms with Crippen molar-refractivity contribution in [3.63, 3.8) is 0 Å². The summed E-state index contributed by atoms with van der Waals surface area (Å²) in [6.07, 6.45) is -0.795. The first-order chi connectivity index (χ1) is 14.1. The lowest BCUT2D eigenvalue weighted by atomic mass is 10.2. The fourth-order valence-corrected chi connectivity index (χ4v) is 2.31. The lowest BCUT2D eigenvalue weighted by molar-refractivity contribution is -0.384. The zero-order chi connectivity index (χ0) is 22.1. The van der Waals surface area contributed by atoms with Crippen LogP contribution in [0.2, 0.25) is 0 Å². The van der Waals surface area contributed by atoms with Gasteiger partial charge in [-0.15, -0.1) is 0 Å². The molecule has 0 saturated heterocycles. The predicted molar refractivity (Wildman–Crippen MR) is 108 cm³/mol. The molecule has 1 atom stereocenters. The quantitative estimate of drug-likeness (QED) is 0.302. The number of non-ortho nitro benzene ring substituents is 1. The highest BCUT2D eigenvalue weighted by molar-refractivity contribution is 5.83. The van der Waals surface area contributed by atoms with E-state index in [1.54, 1.807) is 20.8 Å². The zero-order valence-corrected chi connectivity index (χ0v) is 17.0. The van der Waals surface area contributed by atoms with E-state index in [1.165, 1.54) is 24.3 Å². The summed E-state index contributed by atoms with van der Waals surface area (Å²) < 4.78 is 16.0. The van der Waals surface area contributed by atoms with Crippen LogP contribution in [-0.2, 0) is 20.9 Å². The summed E-state index contributed by atoms with van der Waals surface area (Å²) >= 11 is 0. The molecule has 30 heavy (non-hydrogen) atoms. The summed E-state index contributed by atoms with van der Waals surface area (Å²) in [5, 5.41) is 13.2. The molecule has 0 aliphatic rings. The van der Waals surface area contributed by atoms with E-state index in [2.05, 4.69) is 5.32 Å². The lowest BCUT2D eigenvalue weighted by Gasteiger charge is -2.23. The van der Waals surface area contributed by atoms with Crippen LogP contribution in [0.5, 0.6) is 5.75 Å². The molecule has 0 bridgehead atoms. The standard InChI is InChI=1S/C21H24N2O7/c1-21(2,3)30-20(25)22-18(14-28-13-15-7-5-4-6-8-15)19(24)29-17-11-9-16(10-12-17)23(26)27/h4-12,18H,13-14H2,1-3H3,(H,22,25)/t18-/m0/s1. The first kappa shape index (κ1) is 22.8. The number of hydrogen-bond acceptors (Lipinski definition) is 7. The second-order valence-electron chi connectivity index (χ2n) is 7.37. The molecule has 2 aromatic rings. The summed E-state index contributed by atoms with van der Waals surface area (Å²) in [6, 6.07) is 13.2. The molecule has 0 heterocycles. The van der Waals surface area contributed by atoms with Crippen molar-refractivity contribution in [3.8, 4) is 5.75 Å². The largest absolute Gasteiger partial charge is 0.444 e. The number of carbonyl (C=O) groups excluding carboxylic acids is 2. The summed E-state index contributed by atoms with van der Waals surface area (Å²) in [5.74, 6) is -0.688. The van der Waals surface area contributed by atoms with Crippen molar-refractivity contribution in [2.45, 2.75) is 39.0 Å². The van der Waals surface area contributed by atoms with Crippen molar-refractivity contribution >= 4 is 17.7 Å². The number of alkyl carbamates (subject to hydrolysis) is 1. The monoisotopic (exact) mass is 416 g/mol. The van der Waals surface area contributed by atoms with Gasteiger partial charge in [-0.3, -0.25) is 10.1 Å². The number of nitrogens with one attached hydrogen (secondary N) is 1. The van der Waals surface area contributed by atoms with Gasteiger partial charge in [0.1, 0.15) is 11.4 Å². The maximum Gasteiger partial charge on any atom is 0.408 e. The van der Waals surface area contributed by atoms with Gasteiger partial charge in [0, 0.05) is 12.1 Å². The molecular weight excluding hydrogens is 392 g/mol. The molecule has 1 amide bonds. The number of carbonyl (C=O) groups is 2. The number of amides is 1. The first-order valence-corrected chi connectivity index (χ1v) is 9.21. The molecular formula is C21H24N2O7. The first-order valence-electron chi connectivity index (χ1n) is 9.21. The molecule has 0 aromatic heterocycles. The van der Waals surface area contributed by atoms with Gasteiger partial charge in [0.15, 0.2) is 6.04 Å². The van der Waals surface area contributed by atoms with Crippen LogP contribution < -0.4 is 10.1 Å². The van der Waals surface area contributed by atoms with E-state index in [0.717, 1.165) is 5.56 Å². The third-order valence-electron chi connectivity index (χ3n) is 3.64. The van der Waals surface area contributed by atoms with Crippen LogP contribution in [-0.4, -0.2) is 35.2 Å². The molecule has 0 aliphatic carbocycles. The van der Waals surface area contributed by atoms with E-state index in [9.17, 15) is 19.7 Å². The normalized spacial score (nSPS) is 12.0. The summed E-state index contributed by atoms with van der Waals surface area (Å²) in [5.41, 5.74) is 0.0172. The third-order valence-corrected chi connectivity index (χ3v) is 3.64. The highest BCUT2D eigenvalue weighted by Crippen LogP contribution is 2.18. The van der Waals surface area contributed by atoms with Gasteiger partial charge >= 0.3 is 12.1 Å². The van der Waals surface area contributed by atoms with E-state index in [4.69, 9.17) is 14.2 Å². The Hall–Kier alpha value is -3.46. The highest BCUT2D eigenvalue weighted by Gasteiger charge is 2.26. The molecule has 0 unspecified atom stereocenters. The van der Waals surface area contributed by atoms with E-state index < -0.39 is 28.6 Å². The molecule has 0 spiro atoms. The van der Waals surface area contributed by atoms with Crippen LogP contribution in [0.25, 0.3) is 0 Å². The molecule has 0 aliphatic heterocycles. The van der Waals surface area contributed by atoms with Crippen LogP contribution >= 0.6 is 0 Å². The van der Waals surface area contributed by atoms with Crippen LogP contribution in [0.4, 0.5) is 10.5 Å². The number of ether oxygens (including phenoxy) is 3. The highest BCUT2D eigenvalue weighted by atomic mass is 16.6. The summed E-state index contributed by atoms with van der Waals surface area (Å²) in [4.78, 5) is 34.8.